The van der Waals surface area contributed by atoms with Crippen molar-refractivity contribution in [3.63, 3.8) is 0 Å². The zero-order valence-electron chi connectivity index (χ0n) is 9.06. The van der Waals surface area contributed by atoms with Crippen molar-refractivity contribution in [1.82, 2.24) is 14.7 Å². The molecular weight excluding hydrogens is 188 g/mol. The molecule has 80 valence electrons. The van der Waals surface area contributed by atoms with E-state index >= 15 is 0 Å². The number of aromatic nitrogens is 2. The zero-order valence-corrected chi connectivity index (χ0v) is 9.06. The monoisotopic (exact) mass is 204 g/mol. The third-order valence-corrected chi connectivity index (χ3v) is 2.92. The molecular formula is C11H16N4. The molecule has 15 heavy (non-hydrogen) atoms. The van der Waals surface area contributed by atoms with Crippen molar-refractivity contribution in [1.29, 1.82) is 5.26 Å². The molecule has 2 heterocycles. The van der Waals surface area contributed by atoms with Crippen molar-refractivity contribution < 1.29 is 0 Å². The Labute approximate surface area is 90.1 Å². The van der Waals surface area contributed by atoms with Gasteiger partial charge in [-0.2, -0.15) is 10.4 Å². The smallest absolute Gasteiger partial charge is 0.126 e. The first kappa shape index (κ1) is 10.2. The number of rotatable bonds is 3. The van der Waals surface area contributed by atoms with Gasteiger partial charge in [-0.1, -0.05) is 0 Å². The van der Waals surface area contributed by atoms with Crippen LogP contribution < -0.4 is 0 Å². The van der Waals surface area contributed by atoms with Gasteiger partial charge in [0, 0.05) is 18.3 Å². The van der Waals surface area contributed by atoms with Crippen LogP contribution in [0.15, 0.2) is 12.4 Å². The standard InChI is InChI=1S/C11H16N4/c1-2-15-9-10(8-13-15)11(7-12)14-5-3-4-6-14/h8-9,11H,2-6H2,1H3. The molecule has 4 nitrogen and oxygen atoms in total. The van der Waals surface area contributed by atoms with E-state index in [0.717, 1.165) is 25.2 Å². The Balaban J connectivity index is 2.15. The summed E-state index contributed by atoms with van der Waals surface area (Å²) in [5.41, 5.74) is 1.03. The lowest BCUT2D eigenvalue weighted by molar-refractivity contribution is 0.294. The summed E-state index contributed by atoms with van der Waals surface area (Å²) in [6.45, 7) is 4.98. The summed E-state index contributed by atoms with van der Waals surface area (Å²) < 4.78 is 1.87. The third-order valence-electron chi connectivity index (χ3n) is 2.92. The van der Waals surface area contributed by atoms with Crippen molar-refractivity contribution in [2.75, 3.05) is 13.1 Å². The van der Waals surface area contributed by atoms with Crippen LogP contribution in [0.1, 0.15) is 31.4 Å². The van der Waals surface area contributed by atoms with Crippen LogP contribution in [0.2, 0.25) is 0 Å². The Kier molecular flexibility index (Phi) is 3.02. The van der Waals surface area contributed by atoms with Gasteiger partial charge in [0.05, 0.1) is 12.3 Å². The van der Waals surface area contributed by atoms with Crippen LogP contribution in [0.25, 0.3) is 0 Å². The number of aryl methyl sites for hydroxylation is 1. The maximum atomic E-state index is 9.19. The van der Waals surface area contributed by atoms with E-state index in [0.29, 0.717) is 0 Å². The van der Waals surface area contributed by atoms with Crippen LogP contribution in [-0.2, 0) is 6.54 Å². The molecule has 0 spiro atoms. The van der Waals surface area contributed by atoms with Gasteiger partial charge in [-0.3, -0.25) is 9.58 Å². The molecule has 1 atom stereocenters. The van der Waals surface area contributed by atoms with E-state index in [1.54, 1.807) is 0 Å². The summed E-state index contributed by atoms with van der Waals surface area (Å²) in [6.07, 6.45) is 6.21. The van der Waals surface area contributed by atoms with Crippen LogP contribution >= 0.6 is 0 Å². The van der Waals surface area contributed by atoms with E-state index in [2.05, 4.69) is 16.1 Å². The first-order valence-electron chi connectivity index (χ1n) is 5.51. The maximum Gasteiger partial charge on any atom is 0.126 e. The second kappa shape index (κ2) is 4.45. The fraction of sp³-hybridized carbons (Fsp3) is 0.636. The van der Waals surface area contributed by atoms with Gasteiger partial charge in [0.1, 0.15) is 6.04 Å². The van der Waals surface area contributed by atoms with Crippen LogP contribution in [0.5, 0.6) is 0 Å². The molecule has 1 aromatic heterocycles. The molecule has 1 unspecified atom stereocenters. The average Bonchev–Trinajstić information content (AvgIpc) is 2.89. The van der Waals surface area contributed by atoms with E-state index < -0.39 is 0 Å². The molecule has 4 heteroatoms. The van der Waals surface area contributed by atoms with Crippen LogP contribution in [0.3, 0.4) is 0 Å². The fourth-order valence-corrected chi connectivity index (χ4v) is 2.06. The second-order valence-corrected chi connectivity index (χ2v) is 3.90. The van der Waals surface area contributed by atoms with E-state index in [9.17, 15) is 5.26 Å². The number of nitriles is 1. The van der Waals surface area contributed by atoms with Gasteiger partial charge >= 0.3 is 0 Å². The molecule has 1 saturated heterocycles. The van der Waals surface area contributed by atoms with E-state index in [1.165, 1.54) is 12.8 Å². The Morgan fingerprint density at radius 3 is 2.80 bits per heavy atom. The van der Waals surface area contributed by atoms with E-state index in [4.69, 9.17) is 0 Å². The van der Waals surface area contributed by atoms with Gasteiger partial charge in [-0.25, -0.2) is 0 Å². The molecule has 0 radical (unpaired) electrons. The normalized spacial score (nSPS) is 18.9. The van der Waals surface area contributed by atoms with Gasteiger partial charge in [0.15, 0.2) is 0 Å². The van der Waals surface area contributed by atoms with Crippen molar-refractivity contribution >= 4 is 0 Å². The Morgan fingerprint density at radius 2 is 2.27 bits per heavy atom. The van der Waals surface area contributed by atoms with Crippen molar-refractivity contribution in [2.45, 2.75) is 32.4 Å². The Hall–Kier alpha value is -1.34. The molecule has 2 rings (SSSR count). The molecule has 0 bridgehead atoms. The van der Waals surface area contributed by atoms with Crippen molar-refractivity contribution in [3.8, 4) is 6.07 Å². The SMILES string of the molecule is CCn1cc(C(C#N)N2CCCC2)cn1. The third kappa shape index (κ3) is 2.02. The maximum absolute atomic E-state index is 9.19. The number of hydrogen-bond acceptors (Lipinski definition) is 3. The summed E-state index contributed by atoms with van der Waals surface area (Å²) in [4.78, 5) is 2.23. The Morgan fingerprint density at radius 1 is 1.53 bits per heavy atom. The molecule has 1 aliphatic heterocycles. The molecule has 1 aromatic rings. The minimum atomic E-state index is -0.104. The highest BCUT2D eigenvalue weighted by molar-refractivity contribution is 5.18. The topological polar surface area (TPSA) is 44.9 Å². The summed E-state index contributed by atoms with van der Waals surface area (Å²) in [5, 5.41) is 13.4. The molecule has 0 saturated carbocycles. The first-order chi connectivity index (χ1) is 7.35. The molecule has 1 fully saturated rings. The number of likely N-dealkylation sites (tertiary alicyclic amines) is 1. The van der Waals surface area contributed by atoms with Crippen molar-refractivity contribution in [2.24, 2.45) is 0 Å². The molecule has 1 aliphatic rings. The van der Waals surface area contributed by atoms with Crippen LogP contribution in [0.4, 0.5) is 0 Å². The average molecular weight is 204 g/mol. The molecule has 0 N–H and O–H groups in total. The van der Waals surface area contributed by atoms with Gasteiger partial charge in [0.2, 0.25) is 0 Å². The van der Waals surface area contributed by atoms with Crippen molar-refractivity contribution in [3.05, 3.63) is 18.0 Å². The predicted molar refractivity (Wildman–Crippen MR) is 57.1 cm³/mol. The summed E-state index contributed by atoms with van der Waals surface area (Å²) in [5.74, 6) is 0. The minimum Gasteiger partial charge on any atom is -0.284 e. The highest BCUT2D eigenvalue weighted by Gasteiger charge is 2.23. The molecule has 0 aliphatic carbocycles. The highest BCUT2D eigenvalue weighted by atomic mass is 15.3. The lowest BCUT2D eigenvalue weighted by Crippen LogP contribution is -2.24. The van der Waals surface area contributed by atoms with Gasteiger partial charge in [-0.05, 0) is 32.9 Å². The summed E-state index contributed by atoms with van der Waals surface area (Å²) >= 11 is 0. The second-order valence-electron chi connectivity index (χ2n) is 3.90. The lowest BCUT2D eigenvalue weighted by atomic mass is 10.1. The summed E-state index contributed by atoms with van der Waals surface area (Å²) in [7, 11) is 0. The first-order valence-corrected chi connectivity index (χ1v) is 5.51. The molecule has 0 aromatic carbocycles. The van der Waals surface area contributed by atoms with Gasteiger partial charge in [0.25, 0.3) is 0 Å². The largest absolute Gasteiger partial charge is 0.284 e. The number of nitrogens with zero attached hydrogens (tertiary/aromatic N) is 4. The predicted octanol–water partition coefficient (Wildman–Crippen LogP) is 1.56. The Bertz CT molecular complexity index is 357. The van der Waals surface area contributed by atoms with Crippen LogP contribution in [-0.4, -0.2) is 27.8 Å². The highest BCUT2D eigenvalue weighted by Crippen LogP contribution is 2.23. The minimum absolute atomic E-state index is 0.104. The van der Waals surface area contributed by atoms with Crippen LogP contribution in [0, 0.1) is 11.3 Å². The molecule has 0 amide bonds. The fourth-order valence-electron chi connectivity index (χ4n) is 2.06. The quantitative estimate of drug-likeness (QED) is 0.750. The lowest BCUT2D eigenvalue weighted by Gasteiger charge is -2.19. The summed E-state index contributed by atoms with van der Waals surface area (Å²) in [6, 6.07) is 2.27. The number of hydrogen-bond donors (Lipinski definition) is 0. The van der Waals surface area contributed by atoms with Gasteiger partial charge < -0.3 is 0 Å². The van der Waals surface area contributed by atoms with Gasteiger partial charge in [-0.15, -0.1) is 0 Å². The van der Waals surface area contributed by atoms with E-state index in [-0.39, 0.29) is 6.04 Å². The van der Waals surface area contributed by atoms with E-state index in [1.807, 2.05) is 24.0 Å². The zero-order chi connectivity index (χ0) is 10.7.